The molecule has 8 heteroatoms. The summed E-state index contributed by atoms with van der Waals surface area (Å²) in [6.45, 7) is 3.66. The number of thiophene rings is 1. The summed E-state index contributed by atoms with van der Waals surface area (Å²) >= 11 is 1.56. The summed E-state index contributed by atoms with van der Waals surface area (Å²) < 4.78 is 5.25. The number of nitrogens with zero attached hydrogens (tertiary/aromatic N) is 2. The van der Waals surface area contributed by atoms with Gasteiger partial charge in [0.1, 0.15) is 0 Å². The Hall–Kier alpha value is -3.18. The number of hydrogen-bond donors (Lipinski definition) is 2. The molecule has 0 saturated carbocycles. The molecular weight excluding hydrogens is 352 g/mol. The van der Waals surface area contributed by atoms with E-state index in [0.717, 1.165) is 9.75 Å². The SMILES string of the molecule is C#CCNC(=O)CNC(=O)c1cc(-c2ccc(C)s2)nc2onc(C)c12. The minimum Gasteiger partial charge on any atom is -0.344 e. The van der Waals surface area contributed by atoms with E-state index >= 15 is 0 Å². The number of carbonyl (C=O) groups is 2. The molecule has 0 bridgehead atoms. The van der Waals surface area contributed by atoms with Crippen LogP contribution in [0.5, 0.6) is 0 Å². The number of aromatic nitrogens is 2. The molecule has 0 aromatic carbocycles. The van der Waals surface area contributed by atoms with Crippen molar-refractivity contribution in [2.45, 2.75) is 13.8 Å². The molecule has 3 heterocycles. The zero-order chi connectivity index (χ0) is 18.7. The van der Waals surface area contributed by atoms with E-state index in [1.54, 1.807) is 24.3 Å². The maximum Gasteiger partial charge on any atom is 0.259 e. The smallest absolute Gasteiger partial charge is 0.259 e. The first kappa shape index (κ1) is 17.6. The van der Waals surface area contributed by atoms with Crippen molar-refractivity contribution in [2.24, 2.45) is 0 Å². The van der Waals surface area contributed by atoms with Crippen LogP contribution in [0.15, 0.2) is 22.7 Å². The third-order valence-electron chi connectivity index (χ3n) is 3.65. The lowest BCUT2D eigenvalue weighted by Crippen LogP contribution is -2.37. The number of hydrogen-bond acceptors (Lipinski definition) is 6. The molecule has 3 aromatic rings. The van der Waals surface area contributed by atoms with Crippen LogP contribution in [0.25, 0.3) is 21.7 Å². The molecule has 0 fully saturated rings. The maximum atomic E-state index is 12.7. The molecule has 0 aliphatic heterocycles. The molecule has 3 aromatic heterocycles. The van der Waals surface area contributed by atoms with Crippen LogP contribution >= 0.6 is 11.3 Å². The van der Waals surface area contributed by atoms with Crippen molar-refractivity contribution >= 4 is 34.3 Å². The normalized spacial score (nSPS) is 10.5. The molecule has 132 valence electrons. The van der Waals surface area contributed by atoms with Gasteiger partial charge in [0, 0.05) is 4.88 Å². The zero-order valence-electron chi connectivity index (χ0n) is 14.3. The van der Waals surface area contributed by atoms with Gasteiger partial charge in [-0.2, -0.15) is 0 Å². The van der Waals surface area contributed by atoms with Crippen molar-refractivity contribution in [3.05, 3.63) is 34.3 Å². The Kier molecular flexibility index (Phi) is 5.00. The summed E-state index contributed by atoms with van der Waals surface area (Å²) in [5.41, 5.74) is 1.82. The van der Waals surface area contributed by atoms with E-state index in [2.05, 4.69) is 26.7 Å². The molecule has 0 radical (unpaired) electrons. The van der Waals surface area contributed by atoms with Gasteiger partial charge in [-0.05, 0) is 32.0 Å². The van der Waals surface area contributed by atoms with E-state index in [-0.39, 0.29) is 24.7 Å². The lowest BCUT2D eigenvalue weighted by atomic mass is 10.1. The van der Waals surface area contributed by atoms with Gasteiger partial charge in [-0.3, -0.25) is 9.59 Å². The number of terminal acetylenes is 1. The van der Waals surface area contributed by atoms with Crippen molar-refractivity contribution in [2.75, 3.05) is 13.1 Å². The number of aryl methyl sites for hydroxylation is 2. The van der Waals surface area contributed by atoms with Crippen LogP contribution < -0.4 is 10.6 Å². The molecule has 0 unspecified atom stereocenters. The standard InChI is InChI=1S/C18H16N4O3S/c1-4-7-19-15(23)9-20-17(24)12-8-13(14-6-5-10(2)26-14)21-18-16(12)11(3)22-25-18/h1,5-6,8H,7,9H2,2-3H3,(H,19,23)(H,20,24). The number of amides is 2. The number of pyridine rings is 1. The van der Waals surface area contributed by atoms with E-state index in [1.165, 1.54) is 0 Å². The van der Waals surface area contributed by atoms with Crippen LogP contribution in [0.1, 0.15) is 20.9 Å². The van der Waals surface area contributed by atoms with Crippen molar-refractivity contribution in [1.82, 2.24) is 20.8 Å². The number of fused-ring (bicyclic) bond motifs is 1. The van der Waals surface area contributed by atoms with Gasteiger partial charge >= 0.3 is 0 Å². The van der Waals surface area contributed by atoms with Gasteiger partial charge in [-0.15, -0.1) is 17.8 Å². The first-order chi connectivity index (χ1) is 12.5. The van der Waals surface area contributed by atoms with Gasteiger partial charge in [0.25, 0.3) is 11.6 Å². The molecular formula is C18H16N4O3S. The molecule has 0 spiro atoms. The van der Waals surface area contributed by atoms with Gasteiger partial charge in [0.05, 0.1) is 40.3 Å². The van der Waals surface area contributed by atoms with Crippen LogP contribution in [-0.2, 0) is 4.79 Å². The van der Waals surface area contributed by atoms with Crippen LogP contribution in [-0.4, -0.2) is 35.0 Å². The molecule has 7 nitrogen and oxygen atoms in total. The number of rotatable bonds is 5. The molecule has 0 atom stereocenters. The Morgan fingerprint density at radius 2 is 2.12 bits per heavy atom. The van der Waals surface area contributed by atoms with Crippen LogP contribution in [0.3, 0.4) is 0 Å². The van der Waals surface area contributed by atoms with E-state index in [9.17, 15) is 9.59 Å². The van der Waals surface area contributed by atoms with Crippen molar-refractivity contribution < 1.29 is 14.1 Å². The highest BCUT2D eigenvalue weighted by molar-refractivity contribution is 7.15. The molecule has 0 aliphatic carbocycles. The minimum atomic E-state index is -0.408. The second-order valence-corrected chi connectivity index (χ2v) is 6.86. The lowest BCUT2D eigenvalue weighted by Gasteiger charge is -2.07. The molecule has 2 amide bonds. The second kappa shape index (κ2) is 7.37. The first-order valence-electron chi connectivity index (χ1n) is 7.81. The largest absolute Gasteiger partial charge is 0.344 e. The van der Waals surface area contributed by atoms with Gasteiger partial charge in [-0.25, -0.2) is 4.98 Å². The summed E-state index contributed by atoms with van der Waals surface area (Å²) in [7, 11) is 0. The minimum absolute atomic E-state index is 0.112. The van der Waals surface area contributed by atoms with E-state index in [1.807, 2.05) is 19.1 Å². The van der Waals surface area contributed by atoms with Gasteiger partial charge in [0.15, 0.2) is 0 Å². The summed E-state index contributed by atoms with van der Waals surface area (Å²) in [5, 5.41) is 9.51. The fraction of sp³-hybridized carbons (Fsp3) is 0.222. The Morgan fingerprint density at radius 3 is 2.81 bits per heavy atom. The quantitative estimate of drug-likeness (QED) is 0.672. The highest BCUT2D eigenvalue weighted by Crippen LogP contribution is 2.30. The third-order valence-corrected chi connectivity index (χ3v) is 4.67. The second-order valence-electron chi connectivity index (χ2n) is 5.58. The Bertz CT molecular complexity index is 1030. The van der Waals surface area contributed by atoms with Crippen LogP contribution in [0.2, 0.25) is 0 Å². The van der Waals surface area contributed by atoms with E-state index < -0.39 is 5.91 Å². The number of nitrogens with one attached hydrogen (secondary N) is 2. The summed E-state index contributed by atoms with van der Waals surface area (Å²) in [5.74, 6) is 1.53. The van der Waals surface area contributed by atoms with Crippen molar-refractivity contribution in [3.8, 4) is 22.9 Å². The Balaban J connectivity index is 1.93. The topological polar surface area (TPSA) is 97.1 Å². The molecule has 0 aliphatic rings. The average molecular weight is 368 g/mol. The molecule has 3 rings (SSSR count). The monoisotopic (exact) mass is 368 g/mol. The highest BCUT2D eigenvalue weighted by Gasteiger charge is 2.20. The van der Waals surface area contributed by atoms with E-state index in [0.29, 0.717) is 22.3 Å². The summed E-state index contributed by atoms with van der Waals surface area (Å²) in [6, 6.07) is 5.60. The molecule has 0 saturated heterocycles. The Labute approximate surface area is 153 Å². The highest BCUT2D eigenvalue weighted by atomic mass is 32.1. The molecule has 2 N–H and O–H groups in total. The predicted octanol–water partition coefficient (Wildman–Crippen LogP) is 2.05. The summed E-state index contributed by atoms with van der Waals surface area (Å²) in [4.78, 5) is 30.8. The molecule has 26 heavy (non-hydrogen) atoms. The summed E-state index contributed by atoms with van der Waals surface area (Å²) in [6.07, 6.45) is 5.09. The fourth-order valence-electron chi connectivity index (χ4n) is 2.44. The van der Waals surface area contributed by atoms with Gasteiger partial charge in [-0.1, -0.05) is 11.1 Å². The number of carbonyl (C=O) groups excluding carboxylic acids is 2. The van der Waals surface area contributed by atoms with Crippen molar-refractivity contribution in [3.63, 3.8) is 0 Å². The van der Waals surface area contributed by atoms with Crippen LogP contribution in [0.4, 0.5) is 0 Å². The van der Waals surface area contributed by atoms with Gasteiger partial charge in [0.2, 0.25) is 5.91 Å². The fourth-order valence-corrected chi connectivity index (χ4v) is 3.27. The Morgan fingerprint density at radius 1 is 1.31 bits per heavy atom. The van der Waals surface area contributed by atoms with Crippen molar-refractivity contribution in [1.29, 1.82) is 0 Å². The van der Waals surface area contributed by atoms with E-state index in [4.69, 9.17) is 10.9 Å². The maximum absolute atomic E-state index is 12.7. The zero-order valence-corrected chi connectivity index (χ0v) is 15.1. The average Bonchev–Trinajstić information content (AvgIpc) is 3.23. The third kappa shape index (κ3) is 3.58. The van der Waals surface area contributed by atoms with Gasteiger partial charge < -0.3 is 15.2 Å². The first-order valence-corrected chi connectivity index (χ1v) is 8.63. The van der Waals surface area contributed by atoms with Crippen LogP contribution in [0, 0.1) is 26.2 Å². The lowest BCUT2D eigenvalue weighted by molar-refractivity contribution is -0.119. The predicted molar refractivity (Wildman–Crippen MR) is 98.8 cm³/mol.